The van der Waals surface area contributed by atoms with Gasteiger partial charge in [-0.05, 0) is 12.7 Å². The summed E-state index contributed by atoms with van der Waals surface area (Å²) in [6.45, 7) is 3.34. The molecule has 14 heavy (non-hydrogen) atoms. The van der Waals surface area contributed by atoms with Crippen LogP contribution in [0.1, 0.15) is 13.8 Å². The van der Waals surface area contributed by atoms with Gasteiger partial charge in [-0.2, -0.15) is 0 Å². The Morgan fingerprint density at radius 1 is 1.79 bits per heavy atom. The minimum absolute atomic E-state index is 0.375. The number of thioether (sulfide) groups is 1. The van der Waals surface area contributed by atoms with Crippen molar-refractivity contribution in [2.45, 2.75) is 25.0 Å². The Bertz CT molecular complexity index is 220. The van der Waals surface area contributed by atoms with Crippen LogP contribution in [0, 0.1) is 0 Å². The van der Waals surface area contributed by atoms with E-state index in [1.807, 2.05) is 0 Å². The molecule has 5 heteroatoms. The molecular formula is C9H15FO3S. The third kappa shape index (κ3) is 2.99. The highest BCUT2D eigenvalue weighted by molar-refractivity contribution is 8.01. The molecular weight excluding hydrogens is 207 g/mol. The number of aliphatic hydroxyl groups excluding tert-OH is 1. The molecule has 0 fully saturated rings. The maximum atomic E-state index is 14.0. The van der Waals surface area contributed by atoms with Crippen molar-refractivity contribution in [2.24, 2.45) is 0 Å². The van der Waals surface area contributed by atoms with Crippen LogP contribution >= 0.6 is 11.8 Å². The zero-order valence-corrected chi connectivity index (χ0v) is 9.31. The first-order valence-corrected chi connectivity index (χ1v) is 5.23. The van der Waals surface area contributed by atoms with Crippen molar-refractivity contribution in [3.63, 3.8) is 0 Å². The van der Waals surface area contributed by atoms with Crippen LogP contribution in [0.2, 0.25) is 0 Å². The number of hydrogen-bond acceptors (Lipinski definition) is 4. The second-order valence-corrected chi connectivity index (χ2v) is 4.00. The zero-order chi connectivity index (χ0) is 11.2. The fourth-order valence-corrected chi connectivity index (χ4v) is 1.79. The molecule has 2 atom stereocenters. The van der Waals surface area contributed by atoms with Crippen LogP contribution in [0.4, 0.5) is 4.39 Å². The number of aliphatic hydroxyl groups is 1. The Balaban J connectivity index is 4.77. The van der Waals surface area contributed by atoms with Crippen molar-refractivity contribution in [2.75, 3.05) is 12.9 Å². The summed E-state index contributed by atoms with van der Waals surface area (Å²) in [7, 11) is 1.09. The summed E-state index contributed by atoms with van der Waals surface area (Å²) in [4.78, 5) is 11.1. The van der Waals surface area contributed by atoms with E-state index in [-0.39, 0.29) is 0 Å². The minimum atomic E-state index is -2.41. The van der Waals surface area contributed by atoms with Crippen LogP contribution in [-0.2, 0) is 9.53 Å². The van der Waals surface area contributed by atoms with Crippen LogP contribution in [0.25, 0.3) is 0 Å². The summed E-state index contributed by atoms with van der Waals surface area (Å²) in [5.41, 5.74) is 0. The molecule has 0 aromatic heterocycles. The molecule has 0 bridgehead atoms. The number of esters is 1. The first-order chi connectivity index (χ1) is 6.52. The third-order valence-electron chi connectivity index (χ3n) is 1.57. The van der Waals surface area contributed by atoms with E-state index in [1.165, 1.54) is 12.2 Å². The first-order valence-electron chi connectivity index (χ1n) is 4.25. The number of alkyl halides is 1. The predicted octanol–water partition coefficient (Wildman–Crippen LogP) is 1.52. The van der Waals surface area contributed by atoms with E-state index in [1.54, 1.807) is 13.8 Å². The predicted molar refractivity (Wildman–Crippen MR) is 54.8 cm³/mol. The summed E-state index contributed by atoms with van der Waals surface area (Å²) in [6, 6.07) is 0. The van der Waals surface area contributed by atoms with Crippen molar-refractivity contribution in [3.8, 4) is 0 Å². The van der Waals surface area contributed by atoms with E-state index in [0.717, 1.165) is 7.11 Å². The van der Waals surface area contributed by atoms with Gasteiger partial charge in [-0.25, -0.2) is 9.18 Å². The summed E-state index contributed by atoms with van der Waals surface area (Å²) in [5.74, 6) is -0.685. The average Bonchev–Trinajstić information content (AvgIpc) is 2.17. The van der Waals surface area contributed by atoms with Crippen molar-refractivity contribution >= 4 is 17.7 Å². The number of halogens is 1. The fraction of sp³-hybridized carbons (Fsp3) is 0.667. The Kier molecular flexibility index (Phi) is 5.79. The zero-order valence-electron chi connectivity index (χ0n) is 8.49. The molecule has 0 aromatic carbocycles. The quantitative estimate of drug-likeness (QED) is 0.566. The lowest BCUT2D eigenvalue weighted by Gasteiger charge is -2.24. The second kappa shape index (κ2) is 6.03. The Morgan fingerprint density at radius 2 is 2.36 bits per heavy atom. The fourth-order valence-electron chi connectivity index (χ4n) is 0.920. The highest BCUT2D eigenvalue weighted by Crippen LogP contribution is 2.32. The lowest BCUT2D eigenvalue weighted by atomic mass is 10.2. The van der Waals surface area contributed by atoms with Gasteiger partial charge in [0, 0.05) is 0 Å². The average molecular weight is 222 g/mol. The van der Waals surface area contributed by atoms with Gasteiger partial charge < -0.3 is 9.84 Å². The molecule has 0 radical (unpaired) electrons. The molecule has 0 aliphatic rings. The largest absolute Gasteiger partial charge is 0.466 e. The number of methoxy groups -OCH3 is 1. The molecule has 0 saturated heterocycles. The van der Waals surface area contributed by atoms with Crippen LogP contribution in [0.15, 0.2) is 12.2 Å². The Morgan fingerprint density at radius 3 is 2.71 bits per heavy atom. The Hall–Kier alpha value is -0.550. The van der Waals surface area contributed by atoms with Crippen LogP contribution < -0.4 is 0 Å². The lowest BCUT2D eigenvalue weighted by molar-refractivity contribution is -0.152. The normalized spacial score (nSPS) is 17.8. The molecule has 3 nitrogen and oxygen atoms in total. The molecule has 0 aliphatic heterocycles. The van der Waals surface area contributed by atoms with Gasteiger partial charge in [-0.1, -0.05) is 19.1 Å². The highest BCUT2D eigenvalue weighted by atomic mass is 32.2. The molecule has 0 spiro atoms. The van der Waals surface area contributed by atoms with E-state index in [9.17, 15) is 14.3 Å². The van der Waals surface area contributed by atoms with E-state index >= 15 is 0 Å². The van der Waals surface area contributed by atoms with Crippen molar-refractivity contribution in [1.29, 1.82) is 0 Å². The lowest BCUT2D eigenvalue weighted by Crippen LogP contribution is -2.42. The molecule has 0 unspecified atom stereocenters. The topological polar surface area (TPSA) is 46.5 Å². The molecule has 0 rings (SSSR count). The molecule has 0 amide bonds. The van der Waals surface area contributed by atoms with Gasteiger partial charge in [0.05, 0.1) is 7.11 Å². The van der Waals surface area contributed by atoms with Gasteiger partial charge in [0.2, 0.25) is 0 Å². The molecule has 0 aliphatic carbocycles. The van der Waals surface area contributed by atoms with Crippen molar-refractivity contribution < 1.29 is 19.0 Å². The Labute approximate surface area is 87.3 Å². The summed E-state index contributed by atoms with van der Waals surface area (Å²) in [6.07, 6.45) is 1.22. The van der Waals surface area contributed by atoms with Crippen LogP contribution in [0.5, 0.6) is 0 Å². The van der Waals surface area contributed by atoms with Crippen molar-refractivity contribution in [3.05, 3.63) is 12.2 Å². The van der Waals surface area contributed by atoms with Gasteiger partial charge in [0.15, 0.2) is 0 Å². The maximum absolute atomic E-state index is 14.0. The molecule has 0 aromatic rings. The molecule has 82 valence electrons. The van der Waals surface area contributed by atoms with Crippen LogP contribution in [-0.4, -0.2) is 35.0 Å². The van der Waals surface area contributed by atoms with Crippen molar-refractivity contribution in [1.82, 2.24) is 0 Å². The number of ether oxygens (including phenoxy) is 1. The summed E-state index contributed by atoms with van der Waals surface area (Å²) in [5, 5.41) is 7.01. The smallest absolute Gasteiger partial charge is 0.357 e. The number of carbonyl (C=O) groups excluding carboxylic acids is 1. The van der Waals surface area contributed by atoms with Gasteiger partial charge in [0.25, 0.3) is 5.00 Å². The minimum Gasteiger partial charge on any atom is -0.466 e. The SMILES string of the molecule is C/C=C/[C@H](O)[C@](F)(SCC)C(=O)OC. The second-order valence-electron chi connectivity index (χ2n) is 2.54. The molecule has 1 N–H and O–H groups in total. The monoisotopic (exact) mass is 222 g/mol. The number of rotatable bonds is 5. The van der Waals surface area contributed by atoms with E-state index in [4.69, 9.17) is 0 Å². The first kappa shape index (κ1) is 13.4. The number of allylic oxidation sites excluding steroid dienone is 1. The summed E-state index contributed by atoms with van der Waals surface area (Å²) >= 11 is 0.717. The van der Waals surface area contributed by atoms with E-state index in [0.29, 0.717) is 17.5 Å². The molecule has 0 saturated carbocycles. The van der Waals surface area contributed by atoms with E-state index in [2.05, 4.69) is 4.74 Å². The highest BCUT2D eigenvalue weighted by Gasteiger charge is 2.46. The standard InChI is InChI=1S/C9H15FO3S/c1-4-6-7(11)9(10,14-5-2)8(12)13-3/h4,6-7,11H,5H2,1-3H3/b6-4+/t7-,9-/m0/s1. The summed E-state index contributed by atoms with van der Waals surface area (Å²) < 4.78 is 18.3. The number of hydrogen-bond donors (Lipinski definition) is 1. The van der Waals surface area contributed by atoms with Gasteiger partial charge in [-0.3, -0.25) is 0 Å². The van der Waals surface area contributed by atoms with E-state index < -0.39 is 17.1 Å². The molecule has 0 heterocycles. The van der Waals surface area contributed by atoms with Gasteiger partial charge in [-0.15, -0.1) is 11.8 Å². The van der Waals surface area contributed by atoms with Gasteiger partial charge in [0.1, 0.15) is 6.10 Å². The van der Waals surface area contributed by atoms with Gasteiger partial charge >= 0.3 is 5.97 Å². The third-order valence-corrected chi connectivity index (χ3v) is 2.69. The maximum Gasteiger partial charge on any atom is 0.357 e. The van der Waals surface area contributed by atoms with Crippen LogP contribution in [0.3, 0.4) is 0 Å². The number of carbonyl (C=O) groups is 1.